The number of allylic oxidation sites excluding steroid dienone is 2. The predicted molar refractivity (Wildman–Crippen MR) is 140 cm³/mol. The van der Waals surface area contributed by atoms with Crippen LogP contribution >= 0.6 is 0 Å². The predicted octanol–water partition coefficient (Wildman–Crippen LogP) is 5.36. The van der Waals surface area contributed by atoms with Gasteiger partial charge in [-0.15, -0.1) is 0 Å². The first-order valence-corrected chi connectivity index (χ1v) is 14.5. The van der Waals surface area contributed by atoms with Gasteiger partial charge in [0.2, 0.25) is 0 Å². The minimum Gasteiger partial charge on any atom is -0.481 e. The van der Waals surface area contributed by atoms with Crippen molar-refractivity contribution in [2.24, 2.45) is 50.2 Å². The Labute approximate surface area is 222 Å². The molecule has 10 atom stereocenters. The first-order valence-electron chi connectivity index (χ1n) is 14.5. The van der Waals surface area contributed by atoms with Crippen LogP contribution in [0, 0.1) is 50.2 Å². The Hall–Kier alpha value is -1.40. The zero-order valence-electron chi connectivity index (χ0n) is 23.7. The summed E-state index contributed by atoms with van der Waals surface area (Å²) in [4.78, 5) is 25.7. The highest BCUT2D eigenvalue weighted by Gasteiger charge is 2.70. The van der Waals surface area contributed by atoms with E-state index in [9.17, 15) is 24.9 Å². The first-order chi connectivity index (χ1) is 17.2. The molecule has 0 aromatic rings. The summed E-state index contributed by atoms with van der Waals surface area (Å²) in [6.45, 7) is 11.3. The molecule has 3 N–H and O–H groups in total. The molecule has 208 valence electrons. The molecule has 0 aromatic carbocycles. The average Bonchev–Trinajstić information content (AvgIpc) is 2.86. The molecule has 0 unspecified atom stereocenters. The monoisotopic (exact) mass is 516 g/mol. The largest absolute Gasteiger partial charge is 0.481 e. The highest BCUT2D eigenvalue weighted by atomic mass is 16.5. The molecule has 5 aliphatic rings. The quantitative estimate of drug-likeness (QED) is 0.345. The van der Waals surface area contributed by atoms with E-state index in [-0.39, 0.29) is 40.7 Å². The summed E-state index contributed by atoms with van der Waals surface area (Å²) in [6, 6.07) is 0. The third kappa shape index (κ3) is 3.24. The summed E-state index contributed by atoms with van der Waals surface area (Å²) < 4.78 is 5.20. The van der Waals surface area contributed by atoms with Crippen molar-refractivity contribution in [1.29, 1.82) is 0 Å². The van der Waals surface area contributed by atoms with Crippen molar-refractivity contribution in [3.63, 3.8) is 0 Å². The van der Waals surface area contributed by atoms with Gasteiger partial charge in [0.15, 0.2) is 0 Å². The molecule has 5 aliphatic carbocycles. The summed E-state index contributed by atoms with van der Waals surface area (Å²) >= 11 is 0. The van der Waals surface area contributed by atoms with Crippen LogP contribution in [0.2, 0.25) is 0 Å². The topological polar surface area (TPSA) is 104 Å². The van der Waals surface area contributed by atoms with Gasteiger partial charge in [-0.25, -0.2) is 0 Å². The lowest BCUT2D eigenvalue weighted by Crippen LogP contribution is -2.66. The van der Waals surface area contributed by atoms with E-state index in [0.29, 0.717) is 38.0 Å². The highest BCUT2D eigenvalue weighted by Crippen LogP contribution is 2.75. The molecule has 4 fully saturated rings. The number of hydrogen-bond acceptors (Lipinski definition) is 5. The second kappa shape index (κ2) is 8.30. The van der Waals surface area contributed by atoms with E-state index >= 15 is 0 Å². The maximum absolute atomic E-state index is 12.9. The zero-order chi connectivity index (χ0) is 27.2. The van der Waals surface area contributed by atoms with Gasteiger partial charge in [0.1, 0.15) is 0 Å². The number of rotatable bonds is 3. The number of hydrogen-bond donors (Lipinski definition) is 3. The van der Waals surface area contributed by atoms with Crippen LogP contribution in [0.1, 0.15) is 98.8 Å². The fourth-order valence-corrected chi connectivity index (χ4v) is 10.9. The number of esters is 1. The Bertz CT molecular complexity index is 1020. The van der Waals surface area contributed by atoms with Gasteiger partial charge in [-0.3, -0.25) is 9.59 Å². The van der Waals surface area contributed by atoms with Crippen molar-refractivity contribution in [2.45, 2.75) is 105 Å². The molecule has 6 heteroatoms. The van der Waals surface area contributed by atoms with E-state index in [2.05, 4.69) is 33.8 Å². The third-order valence-electron chi connectivity index (χ3n) is 13.6. The summed E-state index contributed by atoms with van der Waals surface area (Å²) in [5.74, 6) is -0.449. The van der Waals surface area contributed by atoms with E-state index < -0.39 is 28.3 Å². The molecule has 5 rings (SSSR count). The Morgan fingerprint density at radius 1 is 0.973 bits per heavy atom. The van der Waals surface area contributed by atoms with Crippen LogP contribution in [-0.2, 0) is 14.3 Å². The van der Waals surface area contributed by atoms with Gasteiger partial charge in [-0.05, 0) is 105 Å². The lowest BCUT2D eigenvalue weighted by Gasteiger charge is -2.71. The number of aliphatic hydroxyl groups is 2. The molecular weight excluding hydrogens is 468 g/mol. The smallest absolute Gasteiger partial charge is 0.311 e. The van der Waals surface area contributed by atoms with Gasteiger partial charge in [0, 0.05) is 5.41 Å². The Kier molecular flexibility index (Phi) is 6.10. The van der Waals surface area contributed by atoms with Crippen LogP contribution in [0.25, 0.3) is 0 Å². The van der Waals surface area contributed by atoms with Crippen molar-refractivity contribution < 1.29 is 29.6 Å². The molecule has 0 aromatic heterocycles. The minimum absolute atomic E-state index is 0.00315. The Balaban J connectivity index is 1.59. The molecule has 4 saturated carbocycles. The highest BCUT2D eigenvalue weighted by molar-refractivity contribution is 5.80. The number of fused-ring (bicyclic) bond motifs is 7. The first kappa shape index (κ1) is 27.2. The second-order valence-corrected chi connectivity index (χ2v) is 14.8. The molecule has 0 spiro atoms. The van der Waals surface area contributed by atoms with Crippen LogP contribution in [0.15, 0.2) is 11.6 Å². The van der Waals surface area contributed by atoms with E-state index in [1.807, 2.05) is 6.92 Å². The number of ether oxygens (including phenoxy) is 1. The fraction of sp³-hybridized carbons (Fsp3) is 0.871. The zero-order valence-corrected chi connectivity index (χ0v) is 23.7. The molecule has 6 nitrogen and oxygen atoms in total. The van der Waals surface area contributed by atoms with Gasteiger partial charge in [-0.2, -0.15) is 0 Å². The molecular formula is C31H48O6. The fourth-order valence-electron chi connectivity index (χ4n) is 10.9. The average molecular weight is 517 g/mol. The maximum Gasteiger partial charge on any atom is 0.311 e. The normalized spacial score (nSPS) is 53.0. The van der Waals surface area contributed by atoms with Crippen LogP contribution in [0.4, 0.5) is 0 Å². The number of aliphatic hydroxyl groups excluding tert-OH is 2. The van der Waals surface area contributed by atoms with Crippen LogP contribution < -0.4 is 0 Å². The molecule has 0 heterocycles. The SMILES string of the molecule is COC(=O)[C@]1(C)CC[C@]2(C(=O)O)CC[C@]3(C)C(=CC[C@@H]4[C@@]5(C)CC[C@H](O)[C@@](C)(CO)[C@@H]5CC[C@]43C)[C@H]2C1. The van der Waals surface area contributed by atoms with Gasteiger partial charge < -0.3 is 20.1 Å². The van der Waals surface area contributed by atoms with Crippen molar-refractivity contribution >= 4 is 11.9 Å². The van der Waals surface area contributed by atoms with Crippen LogP contribution in [-0.4, -0.2) is 47.1 Å². The maximum atomic E-state index is 12.9. The molecule has 0 saturated heterocycles. The molecule has 0 aliphatic heterocycles. The summed E-state index contributed by atoms with van der Waals surface area (Å²) in [7, 11) is 1.43. The van der Waals surface area contributed by atoms with Gasteiger partial charge in [0.25, 0.3) is 0 Å². The van der Waals surface area contributed by atoms with Gasteiger partial charge >= 0.3 is 11.9 Å². The molecule has 37 heavy (non-hydrogen) atoms. The van der Waals surface area contributed by atoms with Gasteiger partial charge in [-0.1, -0.05) is 39.3 Å². The Morgan fingerprint density at radius 2 is 1.65 bits per heavy atom. The number of carbonyl (C=O) groups excluding carboxylic acids is 1. The number of methoxy groups -OCH3 is 1. The Morgan fingerprint density at radius 3 is 2.27 bits per heavy atom. The lowest BCUT2D eigenvalue weighted by atomic mass is 9.33. The van der Waals surface area contributed by atoms with E-state index in [1.165, 1.54) is 12.7 Å². The summed E-state index contributed by atoms with van der Waals surface area (Å²) in [6.07, 6.45) is 9.54. The molecule has 0 bridgehead atoms. The van der Waals surface area contributed by atoms with E-state index in [4.69, 9.17) is 4.74 Å². The van der Waals surface area contributed by atoms with Crippen molar-refractivity contribution in [3.8, 4) is 0 Å². The van der Waals surface area contributed by atoms with Crippen molar-refractivity contribution in [2.75, 3.05) is 13.7 Å². The summed E-state index contributed by atoms with van der Waals surface area (Å²) in [5, 5.41) is 31.9. The van der Waals surface area contributed by atoms with Crippen LogP contribution in [0.3, 0.4) is 0 Å². The second-order valence-electron chi connectivity index (χ2n) is 14.8. The van der Waals surface area contributed by atoms with Crippen LogP contribution in [0.5, 0.6) is 0 Å². The van der Waals surface area contributed by atoms with Crippen molar-refractivity contribution in [3.05, 3.63) is 11.6 Å². The van der Waals surface area contributed by atoms with Crippen molar-refractivity contribution in [1.82, 2.24) is 0 Å². The lowest BCUT2D eigenvalue weighted by molar-refractivity contribution is -0.217. The number of carbonyl (C=O) groups is 2. The standard InChI is InChI=1S/C31H48O6/c1-26(25(36)37-6)13-15-31(24(34)35)16-14-29(4)19(20(31)17-26)7-8-22-27(2)11-10-23(33)28(3,18-32)21(27)9-12-30(22,29)5/h7,20-23,32-33H,8-18H2,1-6H3,(H,34,35)/t20-,21-,22-,23+,26-,27+,28+,29-,30-,31+/m1/s1. The minimum atomic E-state index is -0.812. The number of carboxylic acid groups (broad SMARTS) is 1. The van der Waals surface area contributed by atoms with E-state index in [0.717, 1.165) is 32.1 Å². The number of aliphatic carboxylic acids is 1. The number of carboxylic acids is 1. The van der Waals surface area contributed by atoms with Gasteiger partial charge in [0.05, 0.1) is 30.7 Å². The molecule has 0 radical (unpaired) electrons. The molecule has 0 amide bonds. The summed E-state index contributed by atoms with van der Waals surface area (Å²) in [5.41, 5.74) is -0.843. The van der Waals surface area contributed by atoms with E-state index in [1.54, 1.807) is 0 Å². The third-order valence-corrected chi connectivity index (χ3v) is 13.6.